The number of likely N-dealkylation sites (tertiary alicyclic amines) is 1. The van der Waals surface area contributed by atoms with Gasteiger partial charge in [-0.15, -0.1) is 0 Å². The number of aromatic nitrogens is 2. The van der Waals surface area contributed by atoms with Gasteiger partial charge in [0.1, 0.15) is 0 Å². The summed E-state index contributed by atoms with van der Waals surface area (Å²) in [4.78, 5) is 46.2. The fraction of sp³-hybridized carbons (Fsp3) is 0.353. The van der Waals surface area contributed by atoms with E-state index in [1.807, 2.05) is 75.5 Å². The molecular formula is C34H36N6O3. The predicted molar refractivity (Wildman–Crippen MR) is 164 cm³/mol. The fourth-order valence-corrected chi connectivity index (χ4v) is 6.93. The molecule has 9 heteroatoms. The normalized spacial score (nSPS) is 19.4. The molecule has 3 aliphatic rings. The van der Waals surface area contributed by atoms with Crippen LogP contribution in [0.3, 0.4) is 0 Å². The van der Waals surface area contributed by atoms with Crippen molar-refractivity contribution in [1.82, 2.24) is 24.9 Å². The highest BCUT2D eigenvalue weighted by atomic mass is 16.2. The fourth-order valence-electron chi connectivity index (χ4n) is 6.93. The van der Waals surface area contributed by atoms with Crippen LogP contribution in [0.15, 0.2) is 72.9 Å². The summed E-state index contributed by atoms with van der Waals surface area (Å²) in [6.45, 7) is 2.73. The van der Waals surface area contributed by atoms with Crippen LogP contribution in [-0.2, 0) is 35.6 Å². The number of carbonyl (C=O) groups is 3. The second-order valence-corrected chi connectivity index (χ2v) is 12.0. The largest absolute Gasteiger partial charge is 0.343 e. The molecule has 0 bridgehead atoms. The second kappa shape index (κ2) is 11.6. The average molecular weight is 577 g/mol. The number of amides is 4. The molecule has 7 rings (SSSR count). The topological polar surface area (TPSA) is 102 Å². The van der Waals surface area contributed by atoms with Gasteiger partial charge in [-0.1, -0.05) is 54.6 Å². The number of aromatic amines is 1. The van der Waals surface area contributed by atoms with E-state index in [1.54, 1.807) is 0 Å². The second-order valence-electron chi connectivity index (χ2n) is 12.0. The van der Waals surface area contributed by atoms with Crippen molar-refractivity contribution in [3.05, 3.63) is 95.2 Å². The van der Waals surface area contributed by atoms with Crippen molar-refractivity contribution in [3.8, 4) is 0 Å². The Labute approximate surface area is 250 Å². The number of para-hydroxylation sites is 1. The van der Waals surface area contributed by atoms with Gasteiger partial charge in [-0.2, -0.15) is 5.10 Å². The van der Waals surface area contributed by atoms with Gasteiger partial charge in [0.25, 0.3) is 0 Å². The Morgan fingerprint density at radius 2 is 1.67 bits per heavy atom. The van der Waals surface area contributed by atoms with Crippen LogP contribution in [0.5, 0.6) is 0 Å². The molecule has 0 aliphatic carbocycles. The number of nitrogens with one attached hydrogen (secondary N) is 2. The Morgan fingerprint density at radius 1 is 0.884 bits per heavy atom. The van der Waals surface area contributed by atoms with Crippen LogP contribution in [-0.4, -0.2) is 61.9 Å². The van der Waals surface area contributed by atoms with Crippen LogP contribution >= 0.6 is 0 Å². The molecule has 1 fully saturated rings. The predicted octanol–water partition coefficient (Wildman–Crippen LogP) is 5.08. The third-order valence-corrected chi connectivity index (χ3v) is 9.36. The minimum absolute atomic E-state index is 0.0241. The lowest BCUT2D eigenvalue weighted by molar-refractivity contribution is -0.143. The molecule has 220 valence electrons. The van der Waals surface area contributed by atoms with Gasteiger partial charge in [-0.05, 0) is 60.1 Å². The Kier molecular flexibility index (Phi) is 7.30. The summed E-state index contributed by atoms with van der Waals surface area (Å²) in [5.41, 5.74) is 6.35. The lowest BCUT2D eigenvalue weighted by Gasteiger charge is -2.41. The first-order valence-electron chi connectivity index (χ1n) is 15.2. The van der Waals surface area contributed by atoms with E-state index in [4.69, 9.17) is 0 Å². The monoisotopic (exact) mass is 576 g/mol. The lowest BCUT2D eigenvalue weighted by Crippen LogP contribution is -2.51. The SMILES string of the molecule is O=C(C[C@@H]1CCc2ccc3[nH]ncc3c2CN(Cc2ccccc2)C1=O)N1CCC(N2Cc3ccccc3NC2=O)CC1. The molecule has 0 radical (unpaired) electrons. The van der Waals surface area contributed by atoms with Crippen LogP contribution in [0.25, 0.3) is 10.9 Å². The van der Waals surface area contributed by atoms with Crippen LogP contribution < -0.4 is 5.32 Å². The number of hydrogen-bond donors (Lipinski definition) is 2. The van der Waals surface area contributed by atoms with Gasteiger partial charge in [0.2, 0.25) is 11.8 Å². The summed E-state index contributed by atoms with van der Waals surface area (Å²) in [7, 11) is 0. The Morgan fingerprint density at radius 3 is 2.51 bits per heavy atom. The molecule has 4 aromatic rings. The maximum Gasteiger partial charge on any atom is 0.322 e. The van der Waals surface area contributed by atoms with Gasteiger partial charge in [0, 0.05) is 62.2 Å². The molecule has 0 spiro atoms. The molecule has 0 unspecified atom stereocenters. The van der Waals surface area contributed by atoms with Gasteiger partial charge in [-0.25, -0.2) is 4.79 Å². The van der Waals surface area contributed by atoms with Gasteiger partial charge in [0.05, 0.1) is 11.7 Å². The summed E-state index contributed by atoms with van der Waals surface area (Å²) >= 11 is 0. The first kappa shape index (κ1) is 27.2. The summed E-state index contributed by atoms with van der Waals surface area (Å²) in [6, 6.07) is 22.1. The molecule has 3 aliphatic heterocycles. The molecule has 1 saturated heterocycles. The summed E-state index contributed by atoms with van der Waals surface area (Å²) in [5, 5.41) is 11.4. The van der Waals surface area contributed by atoms with Crippen LogP contribution in [0, 0.1) is 5.92 Å². The molecule has 9 nitrogen and oxygen atoms in total. The number of urea groups is 1. The molecule has 4 heterocycles. The molecule has 1 aromatic heterocycles. The highest BCUT2D eigenvalue weighted by Crippen LogP contribution is 2.32. The zero-order valence-electron chi connectivity index (χ0n) is 24.2. The minimum atomic E-state index is -0.383. The van der Waals surface area contributed by atoms with E-state index in [9.17, 15) is 14.4 Å². The Balaban J connectivity index is 1.04. The van der Waals surface area contributed by atoms with E-state index < -0.39 is 0 Å². The van der Waals surface area contributed by atoms with Crippen molar-refractivity contribution in [2.45, 2.75) is 57.8 Å². The van der Waals surface area contributed by atoms with Crippen molar-refractivity contribution in [2.24, 2.45) is 5.92 Å². The number of anilines is 1. The Bertz CT molecular complexity index is 1660. The zero-order chi connectivity index (χ0) is 29.3. The lowest BCUT2D eigenvalue weighted by atomic mass is 9.88. The van der Waals surface area contributed by atoms with Crippen molar-refractivity contribution >= 4 is 34.4 Å². The van der Waals surface area contributed by atoms with Crippen molar-refractivity contribution in [3.63, 3.8) is 0 Å². The standard InChI is InChI=1S/C34H36N6O3/c41-32(38-16-14-27(15-17-38)40-21-26-8-4-5-9-30(26)36-34(40)43)18-25-11-10-24-12-13-31-28(19-35-37-31)29(24)22-39(33(25)42)20-23-6-2-1-3-7-23/h1-9,12-13,19,25,27H,10-11,14-18,20-22H2,(H,35,37)(H,36,43)/t25-/m0/s1. The van der Waals surface area contributed by atoms with Gasteiger partial charge < -0.3 is 20.0 Å². The number of nitrogens with zero attached hydrogens (tertiary/aromatic N) is 4. The third-order valence-electron chi connectivity index (χ3n) is 9.36. The van der Waals surface area contributed by atoms with Crippen LogP contribution in [0.1, 0.15) is 47.9 Å². The number of benzene rings is 3. The van der Waals surface area contributed by atoms with Crippen molar-refractivity contribution in [1.29, 1.82) is 0 Å². The highest BCUT2D eigenvalue weighted by Gasteiger charge is 2.35. The molecule has 3 aromatic carbocycles. The smallest absolute Gasteiger partial charge is 0.322 e. The van der Waals surface area contributed by atoms with E-state index in [1.165, 1.54) is 5.56 Å². The van der Waals surface area contributed by atoms with E-state index in [-0.39, 0.29) is 36.2 Å². The minimum Gasteiger partial charge on any atom is -0.343 e. The number of aryl methyl sites for hydroxylation is 1. The molecule has 0 saturated carbocycles. The van der Waals surface area contributed by atoms with Crippen molar-refractivity contribution in [2.75, 3.05) is 18.4 Å². The van der Waals surface area contributed by atoms with Gasteiger partial charge in [0.15, 0.2) is 0 Å². The summed E-state index contributed by atoms with van der Waals surface area (Å²) in [5.74, 6) is -0.329. The molecular weight excluding hydrogens is 540 g/mol. The molecule has 1 atom stereocenters. The zero-order valence-corrected chi connectivity index (χ0v) is 24.2. The van der Waals surface area contributed by atoms with E-state index in [2.05, 4.69) is 27.6 Å². The molecule has 2 N–H and O–H groups in total. The van der Waals surface area contributed by atoms with Crippen LogP contribution in [0.2, 0.25) is 0 Å². The highest BCUT2D eigenvalue weighted by molar-refractivity contribution is 5.92. The average Bonchev–Trinajstić information content (AvgIpc) is 3.52. The maximum absolute atomic E-state index is 14.1. The maximum atomic E-state index is 14.1. The number of rotatable bonds is 5. The number of fused-ring (bicyclic) bond motifs is 4. The number of hydrogen-bond acceptors (Lipinski definition) is 4. The van der Waals surface area contributed by atoms with Crippen molar-refractivity contribution < 1.29 is 14.4 Å². The summed E-state index contributed by atoms with van der Waals surface area (Å²) < 4.78 is 0. The Hall–Kier alpha value is -4.66. The summed E-state index contributed by atoms with van der Waals surface area (Å²) in [6.07, 6.45) is 4.87. The van der Waals surface area contributed by atoms with E-state index >= 15 is 0 Å². The van der Waals surface area contributed by atoms with E-state index in [0.717, 1.165) is 52.5 Å². The molecule has 4 amide bonds. The number of piperidine rings is 1. The quantitative estimate of drug-likeness (QED) is 0.346. The first-order valence-corrected chi connectivity index (χ1v) is 15.2. The molecule has 43 heavy (non-hydrogen) atoms. The van der Waals surface area contributed by atoms with Gasteiger partial charge in [-0.3, -0.25) is 14.7 Å². The first-order chi connectivity index (χ1) is 21.0. The number of H-pyrrole nitrogens is 1. The van der Waals surface area contributed by atoms with Gasteiger partial charge >= 0.3 is 6.03 Å². The number of carbonyl (C=O) groups excluding carboxylic acids is 3. The van der Waals surface area contributed by atoms with E-state index in [0.29, 0.717) is 39.1 Å². The third kappa shape index (κ3) is 5.47. The van der Waals surface area contributed by atoms with Crippen LogP contribution in [0.4, 0.5) is 10.5 Å².